The minimum atomic E-state index is -4.08. The van der Waals surface area contributed by atoms with E-state index >= 15 is 0 Å². The smallest absolute Gasteiger partial charge is 0.261 e. The zero-order chi connectivity index (χ0) is 15.6. The van der Waals surface area contributed by atoms with Crippen LogP contribution < -0.4 is 4.72 Å². The zero-order valence-corrected chi connectivity index (χ0v) is 12.0. The Morgan fingerprint density at radius 2 is 1.86 bits per heavy atom. The number of anilines is 1. The van der Waals surface area contributed by atoms with Crippen molar-refractivity contribution in [3.05, 3.63) is 58.6 Å². The van der Waals surface area contributed by atoms with Crippen LogP contribution in [0.1, 0.15) is 5.56 Å². The second-order valence-electron chi connectivity index (χ2n) is 4.14. The van der Waals surface area contributed by atoms with Crippen molar-refractivity contribution in [2.24, 2.45) is 0 Å². The number of sulfonamides is 1. The lowest BCUT2D eigenvalue weighted by Gasteiger charge is -2.10. The first kappa shape index (κ1) is 15.7. The quantitative estimate of drug-likeness (QED) is 0.904. The van der Waals surface area contributed by atoms with Crippen LogP contribution in [0.2, 0.25) is 5.02 Å². The Kier molecular flexibility index (Phi) is 4.46. The van der Waals surface area contributed by atoms with E-state index in [0.717, 1.165) is 12.1 Å². The molecule has 2 aromatic rings. The SMILES string of the molecule is O=S(=O)(Nc1ccc(F)cc1F)c1ccc(Cl)c(CO)c1. The Morgan fingerprint density at radius 3 is 2.48 bits per heavy atom. The molecule has 8 heteroatoms. The second kappa shape index (κ2) is 5.97. The molecule has 0 spiro atoms. The maximum Gasteiger partial charge on any atom is 0.261 e. The molecule has 0 aromatic heterocycles. The van der Waals surface area contributed by atoms with Gasteiger partial charge in [-0.3, -0.25) is 4.72 Å². The number of nitrogens with one attached hydrogen (secondary N) is 1. The average molecular weight is 334 g/mol. The number of hydrogen-bond acceptors (Lipinski definition) is 3. The highest BCUT2D eigenvalue weighted by atomic mass is 35.5. The van der Waals surface area contributed by atoms with Gasteiger partial charge in [0.25, 0.3) is 10.0 Å². The molecule has 0 aliphatic carbocycles. The van der Waals surface area contributed by atoms with Gasteiger partial charge in [-0.05, 0) is 35.9 Å². The van der Waals surface area contributed by atoms with Crippen molar-refractivity contribution < 1.29 is 22.3 Å². The van der Waals surface area contributed by atoms with Gasteiger partial charge in [0.15, 0.2) is 0 Å². The summed E-state index contributed by atoms with van der Waals surface area (Å²) in [7, 11) is -4.08. The second-order valence-corrected chi connectivity index (χ2v) is 6.23. The monoisotopic (exact) mass is 333 g/mol. The third kappa shape index (κ3) is 3.49. The molecule has 0 unspecified atom stereocenters. The minimum Gasteiger partial charge on any atom is -0.392 e. The van der Waals surface area contributed by atoms with Crippen LogP contribution in [0.3, 0.4) is 0 Å². The zero-order valence-electron chi connectivity index (χ0n) is 10.5. The molecule has 0 radical (unpaired) electrons. The molecule has 0 heterocycles. The van der Waals surface area contributed by atoms with Gasteiger partial charge in [0.2, 0.25) is 0 Å². The van der Waals surface area contributed by atoms with E-state index in [1.165, 1.54) is 18.2 Å². The van der Waals surface area contributed by atoms with E-state index < -0.39 is 28.3 Å². The first-order chi connectivity index (χ1) is 9.83. The van der Waals surface area contributed by atoms with Gasteiger partial charge in [-0.2, -0.15) is 0 Å². The normalized spacial score (nSPS) is 11.4. The lowest BCUT2D eigenvalue weighted by molar-refractivity contribution is 0.281. The Hall–Kier alpha value is -1.70. The fourth-order valence-electron chi connectivity index (χ4n) is 1.62. The molecule has 0 aliphatic heterocycles. The van der Waals surface area contributed by atoms with Crippen LogP contribution in [-0.4, -0.2) is 13.5 Å². The van der Waals surface area contributed by atoms with Gasteiger partial charge in [0.1, 0.15) is 11.6 Å². The fraction of sp³-hybridized carbons (Fsp3) is 0.0769. The predicted molar refractivity (Wildman–Crippen MR) is 74.5 cm³/mol. The third-order valence-electron chi connectivity index (χ3n) is 2.67. The summed E-state index contributed by atoms with van der Waals surface area (Å²) in [4.78, 5) is -0.195. The van der Waals surface area contributed by atoms with E-state index in [0.29, 0.717) is 6.07 Å². The molecule has 0 atom stereocenters. The fourth-order valence-corrected chi connectivity index (χ4v) is 2.91. The highest BCUT2D eigenvalue weighted by Crippen LogP contribution is 2.23. The van der Waals surface area contributed by atoms with Crippen molar-refractivity contribution in [1.82, 2.24) is 0 Å². The van der Waals surface area contributed by atoms with E-state index in [-0.39, 0.29) is 21.2 Å². The first-order valence-corrected chi connectivity index (χ1v) is 7.57. The summed E-state index contributed by atoms with van der Waals surface area (Å²) in [6, 6.07) is 6.17. The molecule has 0 amide bonds. The van der Waals surface area contributed by atoms with Gasteiger partial charge in [0.05, 0.1) is 17.2 Å². The largest absolute Gasteiger partial charge is 0.392 e. The van der Waals surface area contributed by atoms with Crippen molar-refractivity contribution in [3.63, 3.8) is 0 Å². The number of halogens is 3. The summed E-state index contributed by atoms with van der Waals surface area (Å²) in [6.07, 6.45) is 0. The van der Waals surface area contributed by atoms with Crippen molar-refractivity contribution in [1.29, 1.82) is 0 Å². The molecule has 0 aliphatic rings. The van der Waals surface area contributed by atoms with E-state index in [1.807, 2.05) is 4.72 Å². The van der Waals surface area contributed by atoms with Crippen LogP contribution in [0.15, 0.2) is 41.3 Å². The van der Waals surface area contributed by atoms with Gasteiger partial charge in [-0.25, -0.2) is 17.2 Å². The van der Waals surface area contributed by atoms with Gasteiger partial charge in [-0.1, -0.05) is 11.6 Å². The highest BCUT2D eigenvalue weighted by Gasteiger charge is 2.18. The Morgan fingerprint density at radius 1 is 1.14 bits per heavy atom. The molecular weight excluding hydrogens is 324 g/mol. The van der Waals surface area contributed by atoms with Crippen molar-refractivity contribution in [3.8, 4) is 0 Å². The van der Waals surface area contributed by atoms with Crippen LogP contribution >= 0.6 is 11.6 Å². The number of rotatable bonds is 4. The molecule has 112 valence electrons. The maximum atomic E-state index is 13.5. The number of hydrogen-bond donors (Lipinski definition) is 2. The summed E-state index contributed by atoms with van der Waals surface area (Å²) in [5.41, 5.74) is -0.156. The highest BCUT2D eigenvalue weighted by molar-refractivity contribution is 7.92. The van der Waals surface area contributed by atoms with Crippen molar-refractivity contribution >= 4 is 27.3 Å². The van der Waals surface area contributed by atoms with E-state index in [1.54, 1.807) is 0 Å². The van der Waals surface area contributed by atoms with Crippen LogP contribution in [0, 0.1) is 11.6 Å². The minimum absolute atomic E-state index is 0.195. The summed E-state index contributed by atoms with van der Waals surface area (Å²) in [6.45, 7) is -0.437. The van der Waals surface area contributed by atoms with Crippen LogP contribution in [0.4, 0.5) is 14.5 Å². The van der Waals surface area contributed by atoms with Gasteiger partial charge in [-0.15, -0.1) is 0 Å². The number of aliphatic hydroxyl groups is 1. The van der Waals surface area contributed by atoms with Gasteiger partial charge in [0, 0.05) is 11.1 Å². The average Bonchev–Trinajstić information content (AvgIpc) is 2.42. The molecule has 2 rings (SSSR count). The Bertz CT molecular complexity index is 781. The Balaban J connectivity index is 2.38. The molecule has 0 bridgehead atoms. The van der Waals surface area contributed by atoms with Crippen LogP contribution in [0.5, 0.6) is 0 Å². The van der Waals surface area contributed by atoms with Gasteiger partial charge < -0.3 is 5.11 Å². The number of aliphatic hydroxyl groups excluding tert-OH is 1. The predicted octanol–water partition coefficient (Wildman–Crippen LogP) is 2.91. The molecule has 0 saturated carbocycles. The van der Waals surface area contributed by atoms with Crippen LogP contribution in [0.25, 0.3) is 0 Å². The molecule has 0 fully saturated rings. The standard InChI is InChI=1S/C13H10ClF2NO3S/c14-11-3-2-10(5-8(11)7-18)21(19,20)17-13-4-1-9(15)6-12(13)16/h1-6,17-18H,7H2. The summed E-state index contributed by atoms with van der Waals surface area (Å²) in [5, 5.41) is 9.28. The number of benzene rings is 2. The lowest BCUT2D eigenvalue weighted by atomic mass is 10.2. The topological polar surface area (TPSA) is 66.4 Å². The molecule has 2 aromatic carbocycles. The molecule has 2 N–H and O–H groups in total. The van der Waals surface area contributed by atoms with E-state index in [4.69, 9.17) is 16.7 Å². The Labute approximate surface area is 125 Å². The van der Waals surface area contributed by atoms with Crippen LogP contribution in [-0.2, 0) is 16.6 Å². The third-order valence-corrected chi connectivity index (χ3v) is 4.41. The molecule has 4 nitrogen and oxygen atoms in total. The van der Waals surface area contributed by atoms with E-state index in [2.05, 4.69) is 0 Å². The maximum absolute atomic E-state index is 13.5. The summed E-state index contributed by atoms with van der Waals surface area (Å²) < 4.78 is 52.5. The summed E-state index contributed by atoms with van der Waals surface area (Å²) >= 11 is 5.77. The lowest BCUT2D eigenvalue weighted by Crippen LogP contribution is -2.14. The summed E-state index contributed by atoms with van der Waals surface area (Å²) in [5.74, 6) is -1.85. The first-order valence-electron chi connectivity index (χ1n) is 5.70. The van der Waals surface area contributed by atoms with Gasteiger partial charge >= 0.3 is 0 Å². The van der Waals surface area contributed by atoms with Crippen molar-refractivity contribution in [2.45, 2.75) is 11.5 Å². The molecule has 21 heavy (non-hydrogen) atoms. The molecular formula is C13H10ClF2NO3S. The molecule has 0 saturated heterocycles. The van der Waals surface area contributed by atoms with Crippen molar-refractivity contribution in [2.75, 3.05) is 4.72 Å². The van der Waals surface area contributed by atoms with E-state index in [9.17, 15) is 17.2 Å².